The minimum absolute atomic E-state index is 0.176. The van der Waals surface area contributed by atoms with Crippen LogP contribution in [0.5, 0.6) is 5.75 Å². The van der Waals surface area contributed by atoms with E-state index in [1.807, 2.05) is 24.3 Å². The van der Waals surface area contributed by atoms with Gasteiger partial charge < -0.3 is 20.1 Å². The molecule has 2 aromatic rings. The van der Waals surface area contributed by atoms with Crippen LogP contribution in [0.1, 0.15) is 29.1 Å². The number of esters is 1. The van der Waals surface area contributed by atoms with Crippen LogP contribution in [0.25, 0.3) is 0 Å². The first kappa shape index (κ1) is 22.4. The highest BCUT2D eigenvalue weighted by Crippen LogP contribution is 2.12. The van der Waals surface area contributed by atoms with Gasteiger partial charge in [-0.25, -0.2) is 4.79 Å². The first-order valence-corrected chi connectivity index (χ1v) is 10.2. The molecule has 0 bridgehead atoms. The zero-order valence-corrected chi connectivity index (χ0v) is 17.6. The molecule has 8 heteroatoms. The summed E-state index contributed by atoms with van der Waals surface area (Å²) in [7, 11) is 1.61. The van der Waals surface area contributed by atoms with E-state index in [2.05, 4.69) is 10.6 Å². The van der Waals surface area contributed by atoms with Gasteiger partial charge in [0.05, 0.1) is 12.0 Å². The summed E-state index contributed by atoms with van der Waals surface area (Å²) in [5.41, 5.74) is 1.05. The van der Waals surface area contributed by atoms with Crippen LogP contribution in [0.4, 0.5) is 0 Å². The summed E-state index contributed by atoms with van der Waals surface area (Å²) in [4.78, 5) is 37.0. The minimum atomic E-state index is -0.823. The van der Waals surface area contributed by atoms with Gasteiger partial charge in [0.2, 0.25) is 0 Å². The van der Waals surface area contributed by atoms with E-state index in [-0.39, 0.29) is 24.3 Å². The van der Waals surface area contributed by atoms with Crippen molar-refractivity contribution in [3.8, 4) is 5.75 Å². The van der Waals surface area contributed by atoms with Gasteiger partial charge in [-0.05, 0) is 41.5 Å². The number of thiophene rings is 1. The number of amides is 2. The van der Waals surface area contributed by atoms with E-state index in [1.54, 1.807) is 38.5 Å². The molecular weight excluding hydrogens is 392 g/mol. The Labute approximate surface area is 174 Å². The van der Waals surface area contributed by atoms with Crippen LogP contribution in [0.3, 0.4) is 0 Å². The summed E-state index contributed by atoms with van der Waals surface area (Å²) >= 11 is 1.29. The molecule has 29 heavy (non-hydrogen) atoms. The van der Waals surface area contributed by atoms with E-state index >= 15 is 0 Å². The number of nitrogens with one attached hydrogen (secondary N) is 2. The van der Waals surface area contributed by atoms with Crippen molar-refractivity contribution < 1.29 is 23.9 Å². The smallest absolute Gasteiger partial charge is 0.329 e. The van der Waals surface area contributed by atoms with Gasteiger partial charge in [-0.3, -0.25) is 9.59 Å². The fraction of sp³-hybridized carbons (Fsp3) is 0.381. The second kappa shape index (κ2) is 11.2. The Kier molecular flexibility index (Phi) is 8.67. The second-order valence-corrected chi connectivity index (χ2v) is 7.68. The van der Waals surface area contributed by atoms with Crippen molar-refractivity contribution in [1.29, 1.82) is 0 Å². The molecule has 0 fully saturated rings. The van der Waals surface area contributed by atoms with Crippen LogP contribution in [-0.4, -0.2) is 44.1 Å². The second-order valence-electron chi connectivity index (χ2n) is 6.73. The molecule has 0 aliphatic rings. The van der Waals surface area contributed by atoms with Crippen LogP contribution in [0, 0.1) is 5.92 Å². The van der Waals surface area contributed by atoms with Crippen molar-refractivity contribution in [2.24, 2.45) is 5.92 Å². The molecule has 2 rings (SSSR count). The third-order valence-electron chi connectivity index (χ3n) is 4.19. The molecule has 0 aliphatic heterocycles. The number of methoxy groups -OCH3 is 1. The maximum Gasteiger partial charge on any atom is 0.329 e. The fourth-order valence-corrected chi connectivity index (χ4v) is 3.16. The van der Waals surface area contributed by atoms with Gasteiger partial charge in [0, 0.05) is 6.54 Å². The van der Waals surface area contributed by atoms with E-state index in [0.717, 1.165) is 11.3 Å². The number of hydrogen-bond donors (Lipinski definition) is 2. The summed E-state index contributed by atoms with van der Waals surface area (Å²) < 4.78 is 10.2. The molecule has 1 aromatic heterocycles. The van der Waals surface area contributed by atoms with Gasteiger partial charge in [0.25, 0.3) is 11.8 Å². The van der Waals surface area contributed by atoms with Gasteiger partial charge in [0.15, 0.2) is 6.61 Å². The summed E-state index contributed by atoms with van der Waals surface area (Å²) in [5.74, 6) is -0.756. The molecular formula is C21H26N2O5S. The highest BCUT2D eigenvalue weighted by Gasteiger charge is 2.27. The molecule has 1 atom stereocenters. The standard InChI is InChI=1S/C21H26N2O5S/c1-14(2)19(23-20(25)17-5-4-12-29-17)21(26)28-13-18(24)22-11-10-15-6-8-16(27-3)9-7-15/h4-9,12,14,19H,10-11,13H2,1-3H3,(H,22,24)(H,23,25)/t19-/m0/s1. The molecule has 0 radical (unpaired) electrons. The Balaban J connectivity index is 1.74. The van der Waals surface area contributed by atoms with Crippen molar-refractivity contribution >= 4 is 29.1 Å². The topological polar surface area (TPSA) is 93.7 Å². The molecule has 0 aliphatic carbocycles. The molecule has 2 N–H and O–H groups in total. The lowest BCUT2D eigenvalue weighted by atomic mass is 10.0. The summed E-state index contributed by atoms with van der Waals surface area (Å²) in [6.45, 7) is 3.64. The van der Waals surface area contributed by atoms with Crippen molar-refractivity contribution in [3.63, 3.8) is 0 Å². The number of carbonyl (C=O) groups excluding carboxylic acids is 3. The number of rotatable bonds is 10. The minimum Gasteiger partial charge on any atom is -0.497 e. The van der Waals surface area contributed by atoms with E-state index in [0.29, 0.717) is 17.8 Å². The van der Waals surface area contributed by atoms with E-state index in [4.69, 9.17) is 9.47 Å². The Hall–Kier alpha value is -2.87. The molecule has 0 spiro atoms. The van der Waals surface area contributed by atoms with Crippen molar-refractivity contribution in [1.82, 2.24) is 10.6 Å². The van der Waals surface area contributed by atoms with Crippen LogP contribution < -0.4 is 15.4 Å². The number of carbonyl (C=O) groups is 3. The van der Waals surface area contributed by atoms with Gasteiger partial charge in [-0.15, -0.1) is 11.3 Å². The maximum absolute atomic E-state index is 12.3. The van der Waals surface area contributed by atoms with Gasteiger partial charge in [0.1, 0.15) is 11.8 Å². The van der Waals surface area contributed by atoms with Crippen LogP contribution in [0.2, 0.25) is 0 Å². The SMILES string of the molecule is COc1ccc(CCNC(=O)COC(=O)[C@@H](NC(=O)c2cccs2)C(C)C)cc1. The Morgan fingerprint density at radius 1 is 1.10 bits per heavy atom. The zero-order valence-electron chi connectivity index (χ0n) is 16.8. The molecule has 0 saturated carbocycles. The predicted molar refractivity (Wildman–Crippen MR) is 111 cm³/mol. The molecule has 1 aromatic carbocycles. The molecule has 7 nitrogen and oxygen atoms in total. The van der Waals surface area contributed by atoms with Crippen molar-refractivity contribution in [3.05, 3.63) is 52.2 Å². The highest BCUT2D eigenvalue weighted by molar-refractivity contribution is 7.12. The quantitative estimate of drug-likeness (QED) is 0.578. The highest BCUT2D eigenvalue weighted by atomic mass is 32.1. The van der Waals surface area contributed by atoms with E-state index in [9.17, 15) is 14.4 Å². The fourth-order valence-electron chi connectivity index (χ4n) is 2.53. The molecule has 0 unspecified atom stereocenters. The lowest BCUT2D eigenvalue weighted by Gasteiger charge is -2.20. The normalized spacial score (nSPS) is 11.6. The summed E-state index contributed by atoms with van der Waals surface area (Å²) in [6.07, 6.45) is 0.648. The Bertz CT molecular complexity index is 803. The first-order valence-electron chi connectivity index (χ1n) is 9.31. The Morgan fingerprint density at radius 2 is 1.83 bits per heavy atom. The van der Waals surface area contributed by atoms with Gasteiger partial charge in [-0.1, -0.05) is 32.0 Å². The predicted octanol–water partition coefficient (Wildman–Crippen LogP) is 2.41. The lowest BCUT2D eigenvalue weighted by Crippen LogP contribution is -2.46. The van der Waals surface area contributed by atoms with E-state index < -0.39 is 12.0 Å². The van der Waals surface area contributed by atoms with E-state index in [1.165, 1.54) is 11.3 Å². The van der Waals surface area contributed by atoms with Crippen LogP contribution in [0.15, 0.2) is 41.8 Å². The van der Waals surface area contributed by atoms with Crippen LogP contribution >= 0.6 is 11.3 Å². The van der Waals surface area contributed by atoms with Crippen molar-refractivity contribution in [2.45, 2.75) is 26.3 Å². The lowest BCUT2D eigenvalue weighted by molar-refractivity contribution is -0.151. The summed E-state index contributed by atoms with van der Waals surface area (Å²) in [5, 5.41) is 7.17. The van der Waals surface area contributed by atoms with Crippen molar-refractivity contribution in [2.75, 3.05) is 20.3 Å². The molecule has 2 amide bonds. The monoisotopic (exact) mass is 418 g/mol. The number of hydrogen-bond acceptors (Lipinski definition) is 6. The number of ether oxygens (including phenoxy) is 2. The average molecular weight is 419 g/mol. The van der Waals surface area contributed by atoms with Gasteiger partial charge >= 0.3 is 5.97 Å². The van der Waals surface area contributed by atoms with Crippen LogP contribution in [-0.2, 0) is 20.7 Å². The maximum atomic E-state index is 12.3. The zero-order chi connectivity index (χ0) is 21.2. The summed E-state index contributed by atoms with van der Waals surface area (Å²) in [6, 6.07) is 10.2. The molecule has 0 saturated heterocycles. The molecule has 1 heterocycles. The molecule has 156 valence electrons. The average Bonchev–Trinajstić information content (AvgIpc) is 3.25. The largest absolute Gasteiger partial charge is 0.497 e. The third kappa shape index (κ3) is 7.23. The third-order valence-corrected chi connectivity index (χ3v) is 5.06. The first-order chi connectivity index (χ1) is 13.9. The van der Waals surface area contributed by atoms with Gasteiger partial charge in [-0.2, -0.15) is 0 Å². The Morgan fingerprint density at radius 3 is 2.41 bits per heavy atom. The number of benzene rings is 1.